The fraction of sp³-hybridized carbons (Fsp3) is 0.500. The number of benzene rings is 1. The van der Waals surface area contributed by atoms with Crippen LogP contribution in [0.4, 0.5) is 0 Å². The summed E-state index contributed by atoms with van der Waals surface area (Å²) in [5.41, 5.74) is 1.12. The number of rotatable bonds is 6. The second kappa shape index (κ2) is 6.93. The van der Waals surface area contributed by atoms with Gasteiger partial charge in [-0.25, -0.2) is 0 Å². The third-order valence-electron chi connectivity index (χ3n) is 2.64. The first-order valence-electron chi connectivity index (χ1n) is 6.11. The molecule has 3 nitrogen and oxygen atoms in total. The molecule has 1 N–H and O–H groups in total. The van der Waals surface area contributed by atoms with Gasteiger partial charge in [0.1, 0.15) is 11.8 Å². The average Bonchev–Trinajstić information content (AvgIpc) is 2.36. The van der Waals surface area contributed by atoms with E-state index in [4.69, 9.17) is 10.00 Å². The first-order valence-corrected chi connectivity index (χ1v) is 6.11. The molecule has 0 saturated heterocycles. The second-order valence-electron chi connectivity index (χ2n) is 3.95. The van der Waals surface area contributed by atoms with E-state index in [0.29, 0.717) is 0 Å². The monoisotopic (exact) mass is 232 g/mol. The van der Waals surface area contributed by atoms with Crippen LogP contribution in [0.25, 0.3) is 0 Å². The van der Waals surface area contributed by atoms with E-state index in [1.807, 2.05) is 18.2 Å². The Morgan fingerprint density at radius 1 is 1.35 bits per heavy atom. The molecule has 0 fully saturated rings. The lowest BCUT2D eigenvalue weighted by atomic mass is 10.0. The first kappa shape index (κ1) is 13.5. The van der Waals surface area contributed by atoms with Gasteiger partial charge in [0.2, 0.25) is 0 Å². The third kappa shape index (κ3) is 3.76. The van der Waals surface area contributed by atoms with Gasteiger partial charge >= 0.3 is 0 Å². The molecule has 0 aromatic heterocycles. The van der Waals surface area contributed by atoms with E-state index in [1.165, 1.54) is 0 Å². The molecule has 0 heterocycles. The van der Waals surface area contributed by atoms with Crippen LogP contribution in [0.2, 0.25) is 0 Å². The van der Waals surface area contributed by atoms with E-state index in [2.05, 4.69) is 31.3 Å². The summed E-state index contributed by atoms with van der Waals surface area (Å²) in [4.78, 5) is 0. The van der Waals surface area contributed by atoms with Crippen molar-refractivity contribution < 1.29 is 4.74 Å². The van der Waals surface area contributed by atoms with Gasteiger partial charge in [0, 0.05) is 11.6 Å². The van der Waals surface area contributed by atoms with Crippen LogP contribution in [-0.4, -0.2) is 12.6 Å². The zero-order valence-corrected chi connectivity index (χ0v) is 10.7. The van der Waals surface area contributed by atoms with E-state index >= 15 is 0 Å². The summed E-state index contributed by atoms with van der Waals surface area (Å²) >= 11 is 0. The normalized spacial score (nSPS) is 13.8. The predicted molar refractivity (Wildman–Crippen MR) is 68.9 cm³/mol. The van der Waals surface area contributed by atoms with Crippen LogP contribution in [0.1, 0.15) is 38.8 Å². The first-order chi connectivity index (χ1) is 8.22. The lowest BCUT2D eigenvalue weighted by molar-refractivity contribution is 0.270. The van der Waals surface area contributed by atoms with Crippen LogP contribution in [-0.2, 0) is 0 Å². The maximum absolute atomic E-state index is 8.80. The summed E-state index contributed by atoms with van der Waals surface area (Å²) in [5.74, 6) is 0.800. The van der Waals surface area contributed by atoms with Crippen molar-refractivity contribution in [2.75, 3.05) is 6.54 Å². The SMILES string of the molecule is CCNC(CC)c1ccccc1OC(C)C#N. The summed E-state index contributed by atoms with van der Waals surface area (Å²) in [6.45, 7) is 6.90. The number of hydrogen-bond donors (Lipinski definition) is 1. The molecular formula is C14H20N2O. The Morgan fingerprint density at radius 3 is 2.65 bits per heavy atom. The molecule has 0 aliphatic heterocycles. The van der Waals surface area contributed by atoms with E-state index in [-0.39, 0.29) is 6.04 Å². The van der Waals surface area contributed by atoms with E-state index in [0.717, 1.165) is 24.3 Å². The van der Waals surface area contributed by atoms with Crippen molar-refractivity contribution in [3.63, 3.8) is 0 Å². The zero-order valence-electron chi connectivity index (χ0n) is 10.7. The van der Waals surface area contributed by atoms with Crippen molar-refractivity contribution in [1.29, 1.82) is 5.26 Å². The Kier molecular flexibility index (Phi) is 5.51. The van der Waals surface area contributed by atoms with Crippen LogP contribution >= 0.6 is 0 Å². The highest BCUT2D eigenvalue weighted by molar-refractivity contribution is 5.36. The number of nitrogens with one attached hydrogen (secondary N) is 1. The Labute approximate surface area is 103 Å². The molecule has 92 valence electrons. The lowest BCUT2D eigenvalue weighted by Gasteiger charge is -2.20. The Hall–Kier alpha value is -1.53. The number of ether oxygens (including phenoxy) is 1. The van der Waals surface area contributed by atoms with Crippen molar-refractivity contribution in [1.82, 2.24) is 5.32 Å². The molecule has 17 heavy (non-hydrogen) atoms. The summed E-state index contributed by atoms with van der Waals surface area (Å²) < 4.78 is 5.62. The highest BCUT2D eigenvalue weighted by atomic mass is 16.5. The Balaban J connectivity index is 2.94. The molecule has 0 spiro atoms. The van der Waals surface area contributed by atoms with Crippen LogP contribution in [0.15, 0.2) is 24.3 Å². The molecule has 2 atom stereocenters. The van der Waals surface area contributed by atoms with Crippen molar-refractivity contribution in [3.05, 3.63) is 29.8 Å². The zero-order chi connectivity index (χ0) is 12.7. The quantitative estimate of drug-likeness (QED) is 0.820. The van der Waals surface area contributed by atoms with Crippen LogP contribution in [0, 0.1) is 11.3 Å². The fourth-order valence-electron chi connectivity index (χ4n) is 1.81. The second-order valence-corrected chi connectivity index (χ2v) is 3.95. The van der Waals surface area contributed by atoms with E-state index in [1.54, 1.807) is 6.92 Å². The van der Waals surface area contributed by atoms with Gasteiger partial charge < -0.3 is 10.1 Å². The highest BCUT2D eigenvalue weighted by Gasteiger charge is 2.14. The predicted octanol–water partition coefficient (Wildman–Crippen LogP) is 3.04. The smallest absolute Gasteiger partial charge is 0.181 e. The number of nitriles is 1. The van der Waals surface area contributed by atoms with E-state index in [9.17, 15) is 0 Å². The van der Waals surface area contributed by atoms with Gasteiger partial charge in [-0.2, -0.15) is 5.26 Å². The molecule has 3 heteroatoms. The topological polar surface area (TPSA) is 45.0 Å². The molecule has 1 aromatic carbocycles. The van der Waals surface area contributed by atoms with Crippen LogP contribution in [0.3, 0.4) is 0 Å². The molecule has 0 aliphatic rings. The Bertz CT molecular complexity index is 384. The van der Waals surface area contributed by atoms with Crippen molar-refractivity contribution in [2.24, 2.45) is 0 Å². The number of nitrogens with zero attached hydrogens (tertiary/aromatic N) is 1. The molecule has 0 bridgehead atoms. The lowest BCUT2D eigenvalue weighted by Crippen LogP contribution is -2.21. The summed E-state index contributed by atoms with van der Waals surface area (Å²) in [5, 5.41) is 12.2. The average molecular weight is 232 g/mol. The summed E-state index contributed by atoms with van der Waals surface area (Å²) in [6, 6.07) is 10.3. The van der Waals surface area contributed by atoms with Crippen molar-refractivity contribution >= 4 is 0 Å². The maximum atomic E-state index is 8.80. The molecular weight excluding hydrogens is 212 g/mol. The highest BCUT2D eigenvalue weighted by Crippen LogP contribution is 2.27. The van der Waals surface area contributed by atoms with Gasteiger partial charge in [-0.1, -0.05) is 32.0 Å². The largest absolute Gasteiger partial charge is 0.476 e. The minimum atomic E-state index is -0.421. The fourth-order valence-corrected chi connectivity index (χ4v) is 1.81. The maximum Gasteiger partial charge on any atom is 0.181 e. The molecule has 1 aromatic rings. The number of para-hydroxylation sites is 1. The minimum Gasteiger partial charge on any atom is -0.476 e. The van der Waals surface area contributed by atoms with E-state index < -0.39 is 6.10 Å². The van der Waals surface area contributed by atoms with Gasteiger partial charge in [0.05, 0.1) is 0 Å². The van der Waals surface area contributed by atoms with Gasteiger partial charge in [-0.05, 0) is 26.0 Å². The van der Waals surface area contributed by atoms with Gasteiger partial charge in [0.15, 0.2) is 6.10 Å². The van der Waals surface area contributed by atoms with Crippen LogP contribution in [0.5, 0.6) is 5.75 Å². The molecule has 0 radical (unpaired) electrons. The third-order valence-corrected chi connectivity index (χ3v) is 2.64. The molecule has 0 aliphatic carbocycles. The molecule has 1 rings (SSSR count). The number of hydrogen-bond acceptors (Lipinski definition) is 3. The minimum absolute atomic E-state index is 0.280. The molecule has 2 unspecified atom stereocenters. The van der Waals surface area contributed by atoms with Gasteiger partial charge in [0.25, 0.3) is 0 Å². The van der Waals surface area contributed by atoms with Crippen LogP contribution < -0.4 is 10.1 Å². The van der Waals surface area contributed by atoms with Gasteiger partial charge in [-0.3, -0.25) is 0 Å². The van der Waals surface area contributed by atoms with Crippen molar-refractivity contribution in [2.45, 2.75) is 39.3 Å². The summed E-state index contributed by atoms with van der Waals surface area (Å²) in [6.07, 6.45) is 0.574. The Morgan fingerprint density at radius 2 is 2.06 bits per heavy atom. The summed E-state index contributed by atoms with van der Waals surface area (Å²) in [7, 11) is 0. The van der Waals surface area contributed by atoms with Gasteiger partial charge in [-0.15, -0.1) is 0 Å². The standard InChI is InChI=1S/C14H20N2O/c1-4-13(16-5-2)12-8-6-7-9-14(12)17-11(3)10-15/h6-9,11,13,16H,4-5H2,1-3H3. The molecule has 0 saturated carbocycles. The van der Waals surface area contributed by atoms with Crippen molar-refractivity contribution in [3.8, 4) is 11.8 Å². The molecule has 0 amide bonds.